The van der Waals surface area contributed by atoms with Gasteiger partial charge in [0, 0.05) is 12.8 Å². The SMILES string of the molecule is CCC/C=C\C/C=C\CCCCCCCC(=O)OCCCCCCCCCCCCCCCC(=O)NC(CO)C(O)CCCCCCCCCCC. The van der Waals surface area contributed by atoms with Crippen LogP contribution in [0.4, 0.5) is 0 Å². The van der Waals surface area contributed by atoms with Crippen molar-refractivity contribution >= 4 is 11.9 Å². The van der Waals surface area contributed by atoms with Crippen LogP contribution in [-0.4, -0.2) is 47.4 Å². The number of aliphatic hydroxyl groups is 2. The van der Waals surface area contributed by atoms with Crippen LogP contribution in [-0.2, 0) is 14.3 Å². The number of carbonyl (C=O) groups is 2. The summed E-state index contributed by atoms with van der Waals surface area (Å²) in [5.41, 5.74) is 0. The molecule has 0 fully saturated rings. The topological polar surface area (TPSA) is 95.9 Å². The van der Waals surface area contributed by atoms with E-state index in [9.17, 15) is 19.8 Å². The molecule has 2 unspecified atom stereocenters. The largest absolute Gasteiger partial charge is 0.466 e. The van der Waals surface area contributed by atoms with E-state index in [1.807, 2.05) is 0 Å². The van der Waals surface area contributed by atoms with E-state index in [1.165, 1.54) is 135 Å². The number of unbranched alkanes of at least 4 members (excludes halogenated alkanes) is 26. The fraction of sp³-hybridized carbons (Fsp3) is 0.870. The van der Waals surface area contributed by atoms with Gasteiger partial charge >= 0.3 is 5.97 Å². The third kappa shape index (κ3) is 38.1. The van der Waals surface area contributed by atoms with E-state index in [0.717, 1.165) is 64.2 Å². The zero-order valence-electron chi connectivity index (χ0n) is 34.5. The molecule has 3 N–H and O–H groups in total. The van der Waals surface area contributed by atoms with Gasteiger partial charge < -0.3 is 20.3 Å². The Kier molecular flexibility index (Phi) is 40.7. The van der Waals surface area contributed by atoms with Gasteiger partial charge in [0.2, 0.25) is 5.91 Å². The molecule has 52 heavy (non-hydrogen) atoms. The molecule has 0 aliphatic heterocycles. The minimum Gasteiger partial charge on any atom is -0.466 e. The van der Waals surface area contributed by atoms with E-state index < -0.39 is 12.1 Å². The number of aliphatic hydroxyl groups excluding tert-OH is 2. The smallest absolute Gasteiger partial charge is 0.305 e. The molecule has 0 aromatic carbocycles. The van der Waals surface area contributed by atoms with Gasteiger partial charge in [0.05, 0.1) is 25.4 Å². The third-order valence-corrected chi connectivity index (χ3v) is 10.2. The summed E-state index contributed by atoms with van der Waals surface area (Å²) in [7, 11) is 0. The number of amides is 1. The van der Waals surface area contributed by atoms with Gasteiger partial charge in [-0.25, -0.2) is 0 Å². The van der Waals surface area contributed by atoms with E-state index in [2.05, 4.69) is 43.5 Å². The molecule has 0 rings (SSSR count). The summed E-state index contributed by atoms with van der Waals surface area (Å²) >= 11 is 0. The molecule has 0 spiro atoms. The Morgan fingerprint density at radius 2 is 1.00 bits per heavy atom. The maximum absolute atomic E-state index is 12.4. The maximum atomic E-state index is 12.4. The number of hydrogen-bond donors (Lipinski definition) is 3. The highest BCUT2D eigenvalue weighted by atomic mass is 16.5. The lowest BCUT2D eigenvalue weighted by Gasteiger charge is -2.22. The Morgan fingerprint density at radius 3 is 1.54 bits per heavy atom. The van der Waals surface area contributed by atoms with Gasteiger partial charge in [-0.2, -0.15) is 0 Å². The van der Waals surface area contributed by atoms with Gasteiger partial charge in [-0.3, -0.25) is 9.59 Å². The zero-order valence-corrected chi connectivity index (χ0v) is 34.5. The molecule has 0 saturated heterocycles. The normalized spacial score (nSPS) is 12.9. The summed E-state index contributed by atoms with van der Waals surface area (Å²) in [4.78, 5) is 24.3. The van der Waals surface area contributed by atoms with Crippen molar-refractivity contribution in [2.45, 2.75) is 244 Å². The van der Waals surface area contributed by atoms with Crippen LogP contribution in [0.15, 0.2) is 24.3 Å². The number of allylic oxidation sites excluding steroid dienone is 4. The molecule has 2 atom stereocenters. The monoisotopic (exact) mass is 734 g/mol. The lowest BCUT2D eigenvalue weighted by Crippen LogP contribution is -2.45. The molecular formula is C46H87NO5. The van der Waals surface area contributed by atoms with E-state index in [4.69, 9.17) is 4.74 Å². The highest BCUT2D eigenvalue weighted by molar-refractivity contribution is 5.76. The van der Waals surface area contributed by atoms with Gasteiger partial charge in [-0.15, -0.1) is 0 Å². The van der Waals surface area contributed by atoms with E-state index in [1.54, 1.807) is 0 Å². The molecule has 6 heteroatoms. The Hall–Kier alpha value is -1.66. The Bertz CT molecular complexity index is 813. The third-order valence-electron chi connectivity index (χ3n) is 10.2. The second-order valence-corrected chi connectivity index (χ2v) is 15.4. The van der Waals surface area contributed by atoms with Crippen molar-refractivity contribution in [1.29, 1.82) is 0 Å². The molecule has 0 aliphatic rings. The number of nitrogens with one attached hydrogen (secondary N) is 1. The van der Waals surface area contributed by atoms with Crippen molar-refractivity contribution in [1.82, 2.24) is 5.32 Å². The quantitative estimate of drug-likeness (QED) is 0.0330. The van der Waals surface area contributed by atoms with Crippen LogP contribution < -0.4 is 5.32 Å². The van der Waals surface area contributed by atoms with Crippen molar-refractivity contribution in [2.24, 2.45) is 0 Å². The molecule has 0 bridgehead atoms. The molecule has 0 aromatic heterocycles. The van der Waals surface area contributed by atoms with Crippen LogP contribution in [0.2, 0.25) is 0 Å². The van der Waals surface area contributed by atoms with Crippen LogP contribution >= 0.6 is 0 Å². The Morgan fingerprint density at radius 1 is 0.538 bits per heavy atom. The van der Waals surface area contributed by atoms with Crippen LogP contribution in [0.5, 0.6) is 0 Å². The predicted molar refractivity (Wildman–Crippen MR) is 223 cm³/mol. The van der Waals surface area contributed by atoms with Gasteiger partial charge in [-0.05, 0) is 51.4 Å². The van der Waals surface area contributed by atoms with E-state index >= 15 is 0 Å². The predicted octanol–water partition coefficient (Wildman–Crippen LogP) is 12.8. The molecule has 0 aromatic rings. The molecule has 1 amide bonds. The van der Waals surface area contributed by atoms with Gasteiger partial charge in [0.1, 0.15) is 0 Å². The van der Waals surface area contributed by atoms with Crippen LogP contribution in [0.3, 0.4) is 0 Å². The summed E-state index contributed by atoms with van der Waals surface area (Å²) in [5.74, 6) is -0.0739. The lowest BCUT2D eigenvalue weighted by atomic mass is 10.0. The number of ether oxygens (including phenoxy) is 1. The van der Waals surface area contributed by atoms with E-state index in [-0.39, 0.29) is 18.5 Å². The molecule has 306 valence electrons. The molecule has 0 saturated carbocycles. The molecule has 0 heterocycles. The summed E-state index contributed by atoms with van der Waals surface area (Å²) in [6.45, 7) is 4.82. The zero-order chi connectivity index (χ0) is 38.0. The van der Waals surface area contributed by atoms with Crippen LogP contribution in [0.25, 0.3) is 0 Å². The second-order valence-electron chi connectivity index (χ2n) is 15.4. The number of rotatable bonds is 41. The summed E-state index contributed by atoms with van der Waals surface area (Å²) in [5, 5.41) is 23.0. The van der Waals surface area contributed by atoms with Crippen molar-refractivity contribution in [3.05, 3.63) is 24.3 Å². The maximum Gasteiger partial charge on any atom is 0.305 e. The first-order valence-electron chi connectivity index (χ1n) is 22.6. The average molecular weight is 734 g/mol. The van der Waals surface area contributed by atoms with Crippen LogP contribution in [0, 0.1) is 0 Å². The van der Waals surface area contributed by atoms with Crippen molar-refractivity contribution in [3.63, 3.8) is 0 Å². The first-order valence-corrected chi connectivity index (χ1v) is 22.6. The van der Waals surface area contributed by atoms with Crippen molar-refractivity contribution in [3.8, 4) is 0 Å². The molecule has 0 aliphatic carbocycles. The first kappa shape index (κ1) is 50.3. The molecule has 6 nitrogen and oxygen atoms in total. The van der Waals surface area contributed by atoms with E-state index in [0.29, 0.717) is 25.9 Å². The van der Waals surface area contributed by atoms with Gasteiger partial charge in [0.15, 0.2) is 0 Å². The highest BCUT2D eigenvalue weighted by Gasteiger charge is 2.20. The molecule has 0 radical (unpaired) electrons. The Labute approximate surface area is 322 Å². The first-order chi connectivity index (χ1) is 25.5. The van der Waals surface area contributed by atoms with Crippen molar-refractivity contribution < 1.29 is 24.5 Å². The van der Waals surface area contributed by atoms with Crippen LogP contribution in [0.1, 0.15) is 232 Å². The number of hydrogen-bond acceptors (Lipinski definition) is 5. The summed E-state index contributed by atoms with van der Waals surface area (Å²) in [6, 6.07) is -0.549. The Balaban J connectivity index is 3.45. The van der Waals surface area contributed by atoms with Crippen molar-refractivity contribution in [2.75, 3.05) is 13.2 Å². The lowest BCUT2D eigenvalue weighted by molar-refractivity contribution is -0.143. The second kappa shape index (κ2) is 42.1. The number of carbonyl (C=O) groups excluding carboxylic acids is 2. The summed E-state index contributed by atoms with van der Waals surface area (Å²) in [6.07, 6.45) is 47.0. The summed E-state index contributed by atoms with van der Waals surface area (Å²) < 4.78 is 5.43. The fourth-order valence-corrected chi connectivity index (χ4v) is 6.73. The minimum absolute atomic E-state index is 0.0218. The van der Waals surface area contributed by atoms with Gasteiger partial charge in [-0.1, -0.05) is 192 Å². The standard InChI is InChI=1S/C46H87NO5/c1-3-5-7-9-11-13-14-16-20-24-28-32-36-40-46(51)52-41-37-33-29-25-21-18-15-17-19-23-27-31-35-39-45(50)47-43(42-48)44(49)38-34-30-26-22-12-10-8-6-4-2/h7,9,13-14,43-44,48-49H,3-6,8,10-12,15-42H2,1-2H3,(H,47,50)/b9-7-,14-13-. The average Bonchev–Trinajstić information content (AvgIpc) is 3.14. The number of esters is 1. The highest BCUT2D eigenvalue weighted by Crippen LogP contribution is 2.15. The minimum atomic E-state index is -0.670. The van der Waals surface area contributed by atoms with Gasteiger partial charge in [0.25, 0.3) is 0 Å². The molecular weight excluding hydrogens is 647 g/mol. The fourth-order valence-electron chi connectivity index (χ4n) is 6.73.